The molecule has 0 unspecified atom stereocenters. The van der Waals surface area contributed by atoms with Crippen LogP contribution >= 0.6 is 0 Å². The average molecular weight is 372 g/mol. The number of nitrogens with one attached hydrogen (secondary N) is 2. The molecule has 0 aliphatic carbocycles. The van der Waals surface area contributed by atoms with Gasteiger partial charge in [-0.1, -0.05) is 13.0 Å². The lowest BCUT2D eigenvalue weighted by Gasteiger charge is -2.29. The fourth-order valence-corrected chi connectivity index (χ4v) is 3.06. The Balaban J connectivity index is 1.52. The van der Waals surface area contributed by atoms with Crippen molar-refractivity contribution in [2.75, 3.05) is 44.8 Å². The van der Waals surface area contributed by atoms with Gasteiger partial charge in [-0.25, -0.2) is 4.98 Å². The van der Waals surface area contributed by atoms with Crippen LogP contribution in [0.15, 0.2) is 29.6 Å². The van der Waals surface area contributed by atoms with Gasteiger partial charge in [-0.3, -0.25) is 4.99 Å². The lowest BCUT2D eigenvalue weighted by molar-refractivity contribution is 0.122. The summed E-state index contributed by atoms with van der Waals surface area (Å²) in [6.07, 6.45) is 4.48. The third-order valence-electron chi connectivity index (χ3n) is 4.51. The maximum atomic E-state index is 5.44. The Bertz CT molecular complexity index is 738. The number of guanidine groups is 1. The van der Waals surface area contributed by atoms with Crippen molar-refractivity contribution in [3.8, 4) is 0 Å². The van der Waals surface area contributed by atoms with Gasteiger partial charge >= 0.3 is 0 Å². The molecule has 0 spiro atoms. The number of aliphatic imine (C=N–C) groups is 1. The average Bonchev–Trinajstić information content (AvgIpc) is 3.19. The lowest BCUT2D eigenvalue weighted by Crippen LogP contribution is -2.40. The second-order valence-electron chi connectivity index (χ2n) is 6.23. The fraction of sp³-hybridized carbons (Fsp3) is 0.556. The molecule has 3 rings (SSSR count). The fourth-order valence-electron chi connectivity index (χ4n) is 3.06. The molecule has 0 aromatic carbocycles. The summed E-state index contributed by atoms with van der Waals surface area (Å²) in [5, 5.41) is 14.8. The molecule has 0 bridgehead atoms. The van der Waals surface area contributed by atoms with Gasteiger partial charge in [0.05, 0.1) is 13.2 Å². The minimum atomic E-state index is 0.660. The van der Waals surface area contributed by atoms with Gasteiger partial charge < -0.3 is 24.8 Å². The maximum Gasteiger partial charge on any atom is 0.191 e. The number of aromatic nitrogens is 4. The Morgan fingerprint density at radius 2 is 2.15 bits per heavy atom. The van der Waals surface area contributed by atoms with Crippen molar-refractivity contribution in [3.05, 3.63) is 36.0 Å². The van der Waals surface area contributed by atoms with Crippen LogP contribution in [0.3, 0.4) is 0 Å². The quantitative estimate of drug-likeness (QED) is 0.538. The molecule has 1 saturated heterocycles. The first-order valence-electron chi connectivity index (χ1n) is 9.39. The van der Waals surface area contributed by atoms with Crippen molar-refractivity contribution in [1.29, 1.82) is 0 Å². The Morgan fingerprint density at radius 1 is 1.30 bits per heavy atom. The van der Waals surface area contributed by atoms with Crippen molar-refractivity contribution >= 4 is 11.8 Å². The number of rotatable bonds is 7. The summed E-state index contributed by atoms with van der Waals surface area (Å²) in [6, 6.07) is 4.07. The highest BCUT2D eigenvalue weighted by Gasteiger charge is 2.15. The van der Waals surface area contributed by atoms with E-state index in [1.807, 2.05) is 12.3 Å². The van der Waals surface area contributed by atoms with E-state index in [0.29, 0.717) is 6.54 Å². The topological polar surface area (TPSA) is 92.5 Å². The smallest absolute Gasteiger partial charge is 0.191 e. The molecule has 0 radical (unpaired) electrons. The van der Waals surface area contributed by atoms with E-state index in [4.69, 9.17) is 4.74 Å². The first kappa shape index (κ1) is 19.1. The molecule has 0 saturated carbocycles. The zero-order chi connectivity index (χ0) is 18.9. The monoisotopic (exact) mass is 372 g/mol. The molecular weight excluding hydrogens is 344 g/mol. The molecule has 1 aliphatic heterocycles. The van der Waals surface area contributed by atoms with E-state index in [9.17, 15) is 0 Å². The largest absolute Gasteiger partial charge is 0.378 e. The highest BCUT2D eigenvalue weighted by molar-refractivity contribution is 5.79. The first-order valence-corrected chi connectivity index (χ1v) is 9.39. The maximum absolute atomic E-state index is 5.44. The molecule has 1 aliphatic rings. The molecule has 3 heterocycles. The number of anilines is 1. The Morgan fingerprint density at radius 3 is 2.93 bits per heavy atom. The summed E-state index contributed by atoms with van der Waals surface area (Å²) in [4.78, 5) is 11.2. The minimum absolute atomic E-state index is 0.660. The van der Waals surface area contributed by atoms with Gasteiger partial charge in [0, 0.05) is 58.0 Å². The second kappa shape index (κ2) is 9.86. The first-order chi connectivity index (χ1) is 13.3. The van der Waals surface area contributed by atoms with Crippen molar-refractivity contribution in [2.24, 2.45) is 4.99 Å². The van der Waals surface area contributed by atoms with Crippen molar-refractivity contribution in [3.63, 3.8) is 0 Å². The van der Waals surface area contributed by atoms with Crippen LogP contribution in [0.1, 0.15) is 18.3 Å². The summed E-state index contributed by atoms with van der Waals surface area (Å²) in [7, 11) is 1.78. The molecule has 146 valence electrons. The summed E-state index contributed by atoms with van der Waals surface area (Å²) in [6.45, 7) is 7.51. The van der Waals surface area contributed by atoms with Crippen LogP contribution < -0.4 is 15.5 Å². The molecule has 2 N–H and O–H groups in total. The molecular formula is C18H28N8O. The highest BCUT2D eigenvalue weighted by atomic mass is 16.5. The molecule has 0 amide bonds. The second-order valence-corrected chi connectivity index (χ2v) is 6.23. The highest BCUT2D eigenvalue weighted by Crippen LogP contribution is 2.18. The normalized spacial score (nSPS) is 15.0. The van der Waals surface area contributed by atoms with Gasteiger partial charge in [0.25, 0.3) is 0 Å². The molecule has 2 aromatic heterocycles. The van der Waals surface area contributed by atoms with Gasteiger partial charge in [0.1, 0.15) is 18.0 Å². The van der Waals surface area contributed by atoms with Crippen molar-refractivity contribution < 1.29 is 4.74 Å². The van der Waals surface area contributed by atoms with Gasteiger partial charge in [-0.05, 0) is 6.07 Å². The Kier molecular flexibility index (Phi) is 6.97. The molecule has 1 fully saturated rings. The number of hydrogen-bond acceptors (Lipinski definition) is 6. The summed E-state index contributed by atoms with van der Waals surface area (Å²) < 4.78 is 7.50. The number of hydrogen-bond donors (Lipinski definition) is 2. The summed E-state index contributed by atoms with van der Waals surface area (Å²) >= 11 is 0. The van der Waals surface area contributed by atoms with Crippen molar-refractivity contribution in [2.45, 2.75) is 26.4 Å². The van der Waals surface area contributed by atoms with E-state index in [0.717, 1.165) is 69.0 Å². The standard InChI is InChI=1S/C18H28N8O/c1-3-16-24-23-14-26(16)8-7-21-18(19-2)22-13-15-5-4-6-20-17(15)25-9-11-27-12-10-25/h4-6,14H,3,7-13H2,1-2H3,(H2,19,21,22). The van der Waals surface area contributed by atoms with Crippen LogP contribution in [0.5, 0.6) is 0 Å². The number of aryl methyl sites for hydroxylation is 1. The van der Waals surface area contributed by atoms with Gasteiger partial charge in [0.15, 0.2) is 5.96 Å². The molecule has 2 aromatic rings. The van der Waals surface area contributed by atoms with Gasteiger partial charge in [-0.2, -0.15) is 0 Å². The van der Waals surface area contributed by atoms with Crippen LogP contribution in [0.4, 0.5) is 5.82 Å². The van der Waals surface area contributed by atoms with E-state index >= 15 is 0 Å². The van der Waals surface area contributed by atoms with Crippen LogP contribution in [0, 0.1) is 0 Å². The summed E-state index contributed by atoms with van der Waals surface area (Å²) in [5.41, 5.74) is 1.15. The van der Waals surface area contributed by atoms with Gasteiger partial charge in [-0.15, -0.1) is 10.2 Å². The zero-order valence-corrected chi connectivity index (χ0v) is 16.1. The van der Waals surface area contributed by atoms with Crippen LogP contribution in [0.25, 0.3) is 0 Å². The van der Waals surface area contributed by atoms with E-state index in [2.05, 4.69) is 53.3 Å². The SMILES string of the molecule is CCc1nncn1CCNC(=NC)NCc1cccnc1N1CCOCC1. The van der Waals surface area contributed by atoms with E-state index in [-0.39, 0.29) is 0 Å². The minimum Gasteiger partial charge on any atom is -0.378 e. The van der Waals surface area contributed by atoms with E-state index in [1.54, 1.807) is 13.4 Å². The molecule has 9 heteroatoms. The lowest BCUT2D eigenvalue weighted by atomic mass is 10.2. The summed E-state index contributed by atoms with van der Waals surface area (Å²) in [5.74, 6) is 2.77. The number of ether oxygens (including phenoxy) is 1. The van der Waals surface area contributed by atoms with E-state index in [1.165, 1.54) is 0 Å². The third-order valence-corrected chi connectivity index (χ3v) is 4.51. The zero-order valence-electron chi connectivity index (χ0n) is 16.1. The number of morpholine rings is 1. The van der Waals surface area contributed by atoms with Crippen molar-refractivity contribution in [1.82, 2.24) is 30.4 Å². The Hall–Kier alpha value is -2.68. The number of nitrogens with zero attached hydrogens (tertiary/aromatic N) is 6. The Labute approximate surface area is 159 Å². The molecule has 27 heavy (non-hydrogen) atoms. The van der Waals surface area contributed by atoms with Crippen LogP contribution in [-0.4, -0.2) is 65.6 Å². The predicted molar refractivity (Wildman–Crippen MR) is 105 cm³/mol. The molecule has 9 nitrogen and oxygen atoms in total. The predicted octanol–water partition coefficient (Wildman–Crippen LogP) is 0.437. The third kappa shape index (κ3) is 5.16. The van der Waals surface area contributed by atoms with E-state index < -0.39 is 0 Å². The molecule has 0 atom stereocenters. The number of pyridine rings is 1. The van der Waals surface area contributed by atoms with Crippen LogP contribution in [0.2, 0.25) is 0 Å². The van der Waals surface area contributed by atoms with Crippen LogP contribution in [-0.2, 0) is 24.2 Å². The van der Waals surface area contributed by atoms with Gasteiger partial charge in [0.2, 0.25) is 0 Å².